The van der Waals surface area contributed by atoms with Crippen LogP contribution in [0.15, 0.2) is 47.4 Å². The summed E-state index contributed by atoms with van der Waals surface area (Å²) in [6.07, 6.45) is -7.52. The van der Waals surface area contributed by atoms with Crippen molar-refractivity contribution in [1.29, 1.82) is 0 Å². The van der Waals surface area contributed by atoms with Gasteiger partial charge in [0.05, 0.1) is 11.4 Å². The number of ether oxygens (including phenoxy) is 1. The fraction of sp³-hybridized carbons (Fsp3) is 0.167. The van der Waals surface area contributed by atoms with Gasteiger partial charge in [-0.1, -0.05) is 6.07 Å². The zero-order chi connectivity index (χ0) is 23.1. The number of benzene rings is 2. The van der Waals surface area contributed by atoms with Gasteiger partial charge in [-0.25, -0.2) is 30.7 Å². The van der Waals surface area contributed by atoms with Crippen LogP contribution in [0.4, 0.5) is 30.7 Å². The van der Waals surface area contributed by atoms with Gasteiger partial charge in [0.15, 0.2) is 9.84 Å². The van der Waals surface area contributed by atoms with Crippen LogP contribution in [-0.4, -0.2) is 30.8 Å². The molecule has 0 atom stereocenters. The highest BCUT2D eigenvalue weighted by molar-refractivity contribution is 7.90. The molecule has 0 aliphatic rings. The summed E-state index contributed by atoms with van der Waals surface area (Å²) in [5, 5.41) is 3.56. The number of hydrogen-bond donors (Lipinski definition) is 0. The number of sulfone groups is 1. The van der Waals surface area contributed by atoms with Crippen LogP contribution in [0.2, 0.25) is 0 Å². The first kappa shape index (κ1) is 22.6. The van der Waals surface area contributed by atoms with Crippen molar-refractivity contribution in [2.75, 3.05) is 6.26 Å². The Morgan fingerprint density at radius 2 is 1.71 bits per heavy atom. The molecular formula is C18H11F7N2O3S. The third-order valence-corrected chi connectivity index (χ3v) is 5.06. The fourth-order valence-corrected chi connectivity index (χ4v) is 3.45. The summed E-state index contributed by atoms with van der Waals surface area (Å²) in [7, 11) is -4.13. The van der Waals surface area contributed by atoms with Crippen molar-refractivity contribution in [3.63, 3.8) is 0 Å². The Labute approximate surface area is 170 Å². The van der Waals surface area contributed by atoms with Crippen LogP contribution in [0, 0.1) is 11.6 Å². The molecule has 0 bridgehead atoms. The lowest BCUT2D eigenvalue weighted by molar-refractivity contribution is -0.274. The van der Waals surface area contributed by atoms with Gasteiger partial charge < -0.3 is 4.74 Å². The molecule has 0 fully saturated rings. The van der Waals surface area contributed by atoms with Crippen molar-refractivity contribution in [1.82, 2.24) is 9.78 Å². The number of halogens is 7. The Morgan fingerprint density at radius 3 is 2.29 bits per heavy atom. The highest BCUT2D eigenvalue weighted by Crippen LogP contribution is 2.33. The molecule has 0 unspecified atom stereocenters. The van der Waals surface area contributed by atoms with E-state index in [1.165, 1.54) is 6.07 Å². The maximum atomic E-state index is 14.6. The number of aromatic nitrogens is 2. The summed E-state index contributed by atoms with van der Waals surface area (Å²) in [5.41, 5.74) is -2.18. The van der Waals surface area contributed by atoms with Crippen LogP contribution in [0.3, 0.4) is 0 Å². The quantitative estimate of drug-likeness (QED) is 0.492. The minimum atomic E-state index is -5.03. The van der Waals surface area contributed by atoms with E-state index < -0.39 is 61.9 Å². The first-order valence-electron chi connectivity index (χ1n) is 8.20. The molecule has 0 radical (unpaired) electrons. The maximum absolute atomic E-state index is 14.6. The third kappa shape index (κ3) is 4.98. The normalized spacial score (nSPS) is 12.4. The van der Waals surface area contributed by atoms with Crippen molar-refractivity contribution in [3.8, 4) is 22.7 Å². The monoisotopic (exact) mass is 468 g/mol. The number of alkyl halides is 5. The van der Waals surface area contributed by atoms with Crippen LogP contribution < -0.4 is 4.74 Å². The van der Waals surface area contributed by atoms with Gasteiger partial charge in [-0.2, -0.15) is 5.10 Å². The second-order valence-corrected chi connectivity index (χ2v) is 8.23. The zero-order valence-electron chi connectivity index (χ0n) is 15.3. The first-order valence-corrected chi connectivity index (χ1v) is 10.1. The summed E-state index contributed by atoms with van der Waals surface area (Å²) in [6.45, 7) is 0. The largest absolute Gasteiger partial charge is 0.573 e. The van der Waals surface area contributed by atoms with E-state index in [0.29, 0.717) is 29.1 Å². The van der Waals surface area contributed by atoms with Crippen LogP contribution in [0.25, 0.3) is 16.9 Å². The summed E-state index contributed by atoms with van der Waals surface area (Å²) in [6, 6.07) is 5.59. The highest BCUT2D eigenvalue weighted by Gasteiger charge is 2.31. The second-order valence-electron chi connectivity index (χ2n) is 6.25. The van der Waals surface area contributed by atoms with Crippen molar-refractivity contribution < 1.29 is 43.9 Å². The predicted octanol–water partition coefficient (Wildman–Crippen LogP) is 5.06. The van der Waals surface area contributed by atoms with E-state index >= 15 is 0 Å². The summed E-state index contributed by atoms with van der Waals surface area (Å²) in [4.78, 5) is -0.950. The Hall–Kier alpha value is -3.09. The first-order chi connectivity index (χ1) is 14.3. The Bertz CT molecular complexity index is 1240. The summed E-state index contributed by atoms with van der Waals surface area (Å²) >= 11 is 0. The van der Waals surface area contributed by atoms with Crippen LogP contribution >= 0.6 is 0 Å². The van der Waals surface area contributed by atoms with Crippen LogP contribution in [0.1, 0.15) is 12.1 Å². The smallest absolute Gasteiger partial charge is 0.406 e. The molecule has 5 nitrogen and oxygen atoms in total. The third-order valence-electron chi connectivity index (χ3n) is 3.94. The highest BCUT2D eigenvalue weighted by atomic mass is 32.2. The molecule has 1 heterocycles. The van der Waals surface area contributed by atoms with E-state index in [4.69, 9.17) is 0 Å². The van der Waals surface area contributed by atoms with Gasteiger partial charge >= 0.3 is 6.36 Å². The van der Waals surface area contributed by atoms with Gasteiger partial charge in [0, 0.05) is 17.9 Å². The SMILES string of the molecule is CS(=O)(=O)c1cc(F)c(-c2cc(C(F)F)nn2-c2cccc(OC(F)(F)F)c2)cc1F. The Morgan fingerprint density at radius 1 is 1.03 bits per heavy atom. The minimum Gasteiger partial charge on any atom is -0.406 e. The van der Waals surface area contributed by atoms with Gasteiger partial charge in [0.1, 0.15) is 28.0 Å². The Balaban J connectivity index is 2.21. The van der Waals surface area contributed by atoms with E-state index in [2.05, 4.69) is 9.84 Å². The zero-order valence-corrected chi connectivity index (χ0v) is 16.1. The fourth-order valence-electron chi connectivity index (χ4n) is 2.72. The molecule has 31 heavy (non-hydrogen) atoms. The molecule has 0 saturated carbocycles. The van der Waals surface area contributed by atoms with Gasteiger partial charge in [0.25, 0.3) is 6.43 Å². The van der Waals surface area contributed by atoms with Gasteiger partial charge in [-0.05, 0) is 30.3 Å². The van der Waals surface area contributed by atoms with E-state index in [1.54, 1.807) is 0 Å². The molecule has 0 aliphatic heterocycles. The van der Waals surface area contributed by atoms with Gasteiger partial charge in [0.2, 0.25) is 0 Å². The van der Waals surface area contributed by atoms with Crippen molar-refractivity contribution >= 4 is 9.84 Å². The van der Waals surface area contributed by atoms with Gasteiger partial charge in [-0.15, -0.1) is 13.2 Å². The molecule has 0 amide bonds. The molecule has 1 aromatic heterocycles. The average Bonchev–Trinajstić information content (AvgIpc) is 3.06. The standard InChI is InChI=1S/C18H11F7N2O3S/c1-31(28,29)16-7-12(19)11(6-13(16)20)15-8-14(17(21)22)26-27(15)9-3-2-4-10(5-9)30-18(23,24)25/h2-8,17H,1H3. The molecule has 0 saturated heterocycles. The number of rotatable bonds is 5. The van der Waals surface area contributed by atoms with E-state index in [1.807, 2.05) is 0 Å². The second kappa shape index (κ2) is 7.87. The molecule has 3 aromatic rings. The topological polar surface area (TPSA) is 61.2 Å². The molecular weight excluding hydrogens is 457 g/mol. The molecule has 166 valence electrons. The van der Waals surface area contributed by atoms with Gasteiger partial charge in [-0.3, -0.25) is 0 Å². The lowest BCUT2D eigenvalue weighted by Gasteiger charge is -2.13. The van der Waals surface area contributed by atoms with Crippen LogP contribution in [-0.2, 0) is 9.84 Å². The lowest BCUT2D eigenvalue weighted by Crippen LogP contribution is -2.17. The molecule has 3 rings (SSSR count). The van der Waals surface area contributed by atoms with Crippen molar-refractivity contribution in [2.45, 2.75) is 17.7 Å². The minimum absolute atomic E-state index is 0.226. The summed E-state index contributed by atoms with van der Waals surface area (Å²) < 4.78 is 120. The molecule has 0 N–H and O–H groups in total. The van der Waals surface area contributed by atoms with Crippen LogP contribution in [0.5, 0.6) is 5.75 Å². The average molecular weight is 468 g/mol. The van der Waals surface area contributed by atoms with Crippen molar-refractivity contribution in [3.05, 3.63) is 59.8 Å². The Kier molecular flexibility index (Phi) is 5.74. The summed E-state index contributed by atoms with van der Waals surface area (Å²) in [5.74, 6) is -3.32. The van der Waals surface area contributed by atoms with Crippen molar-refractivity contribution in [2.24, 2.45) is 0 Å². The van der Waals surface area contributed by atoms with E-state index in [9.17, 15) is 39.2 Å². The van der Waals surface area contributed by atoms with E-state index in [0.717, 1.165) is 18.2 Å². The number of hydrogen-bond acceptors (Lipinski definition) is 4. The predicted molar refractivity (Wildman–Crippen MR) is 93.7 cm³/mol. The molecule has 13 heteroatoms. The van der Waals surface area contributed by atoms with E-state index in [-0.39, 0.29) is 5.69 Å². The number of nitrogens with zero attached hydrogens (tertiary/aromatic N) is 2. The molecule has 0 aliphatic carbocycles. The molecule has 2 aromatic carbocycles. The maximum Gasteiger partial charge on any atom is 0.573 e. The lowest BCUT2D eigenvalue weighted by atomic mass is 10.1. The molecule has 0 spiro atoms.